The van der Waals surface area contributed by atoms with Gasteiger partial charge in [-0.2, -0.15) is 13.2 Å². The fourth-order valence-corrected chi connectivity index (χ4v) is 2.79. The van der Waals surface area contributed by atoms with Crippen LogP contribution in [0.5, 0.6) is 0 Å². The minimum Gasteiger partial charge on any atom is -0.374 e. The number of aliphatic hydroxyl groups is 1. The molecule has 0 saturated heterocycles. The summed E-state index contributed by atoms with van der Waals surface area (Å²) < 4.78 is 41.7. The number of aliphatic imine (C=N–C) groups is 1. The molecule has 6 nitrogen and oxygen atoms in total. The largest absolute Gasteiger partial charge is 0.424 e. The van der Waals surface area contributed by atoms with Crippen LogP contribution in [0.15, 0.2) is 47.7 Å². The molecule has 1 unspecified atom stereocenters. The Labute approximate surface area is 185 Å². The van der Waals surface area contributed by atoms with Gasteiger partial charge in [0.15, 0.2) is 5.96 Å². The molecule has 0 aliphatic carbocycles. The summed E-state index contributed by atoms with van der Waals surface area (Å²) in [6, 6.07) is 9.84. The topological polar surface area (TPSA) is 74.5 Å². The van der Waals surface area contributed by atoms with Crippen molar-refractivity contribution in [1.29, 1.82) is 0 Å². The van der Waals surface area contributed by atoms with E-state index in [0.29, 0.717) is 19.0 Å². The number of rotatable bonds is 8. The number of halogens is 4. The predicted octanol–water partition coefficient (Wildman–Crippen LogP) is 2.98. The van der Waals surface area contributed by atoms with Crippen LogP contribution in [0.2, 0.25) is 0 Å². The van der Waals surface area contributed by atoms with E-state index in [4.69, 9.17) is 0 Å². The summed E-state index contributed by atoms with van der Waals surface area (Å²) in [4.78, 5) is 7.86. The van der Waals surface area contributed by atoms with E-state index in [-0.39, 0.29) is 30.5 Å². The molecule has 0 amide bonds. The zero-order valence-electron chi connectivity index (χ0n) is 16.4. The Hall–Kier alpha value is -1.82. The van der Waals surface area contributed by atoms with Crippen molar-refractivity contribution >= 4 is 29.9 Å². The molecule has 2 rings (SSSR count). The first-order valence-corrected chi connectivity index (χ1v) is 9.11. The number of nitrogens with one attached hydrogen (secondary N) is 2. The third kappa shape index (κ3) is 6.88. The zero-order chi connectivity index (χ0) is 20.6. The summed E-state index contributed by atoms with van der Waals surface area (Å²) in [5, 5.41) is 16.4. The van der Waals surface area contributed by atoms with Crippen molar-refractivity contribution in [1.82, 2.24) is 20.2 Å². The summed E-state index contributed by atoms with van der Waals surface area (Å²) in [6.45, 7) is 2.80. The van der Waals surface area contributed by atoms with Crippen molar-refractivity contribution in [2.24, 2.45) is 12.0 Å². The van der Waals surface area contributed by atoms with E-state index >= 15 is 0 Å². The van der Waals surface area contributed by atoms with Crippen molar-refractivity contribution < 1.29 is 18.3 Å². The third-order valence-corrected chi connectivity index (χ3v) is 4.30. The molecular weight excluding hydrogens is 498 g/mol. The molecule has 1 aromatic carbocycles. The summed E-state index contributed by atoms with van der Waals surface area (Å²) in [6.07, 6.45) is -2.14. The van der Waals surface area contributed by atoms with E-state index in [1.807, 2.05) is 37.3 Å². The molecule has 0 aliphatic rings. The second kappa shape index (κ2) is 11.4. The first-order valence-electron chi connectivity index (χ1n) is 9.11. The Morgan fingerprint density at radius 1 is 1.21 bits per heavy atom. The first kappa shape index (κ1) is 25.2. The Morgan fingerprint density at radius 2 is 1.90 bits per heavy atom. The minimum absolute atomic E-state index is 0. The van der Waals surface area contributed by atoms with E-state index in [2.05, 4.69) is 20.6 Å². The van der Waals surface area contributed by atoms with Gasteiger partial charge in [0.25, 0.3) is 0 Å². The van der Waals surface area contributed by atoms with Crippen LogP contribution in [0.3, 0.4) is 0 Å². The predicted molar refractivity (Wildman–Crippen MR) is 117 cm³/mol. The van der Waals surface area contributed by atoms with Gasteiger partial charge in [-0.3, -0.25) is 4.99 Å². The molecular formula is C19H27F3IN5O. The SMILES string of the molecule is CCNC(=NCCC(O)(c1nccn1C)C(F)(F)F)NCCc1ccccc1.I. The lowest BCUT2D eigenvalue weighted by atomic mass is 9.98. The van der Waals surface area contributed by atoms with Crippen LogP contribution in [0.4, 0.5) is 13.2 Å². The van der Waals surface area contributed by atoms with Crippen LogP contribution in [-0.4, -0.2) is 46.4 Å². The molecule has 3 N–H and O–H groups in total. The van der Waals surface area contributed by atoms with Gasteiger partial charge in [-0.25, -0.2) is 4.98 Å². The molecule has 0 saturated carbocycles. The van der Waals surface area contributed by atoms with Crippen LogP contribution in [0.1, 0.15) is 24.7 Å². The molecule has 1 aromatic heterocycles. The maximum Gasteiger partial charge on any atom is 0.424 e. The van der Waals surface area contributed by atoms with Gasteiger partial charge in [0, 0.05) is 45.5 Å². The summed E-state index contributed by atoms with van der Waals surface area (Å²) in [5.74, 6) is -0.0416. The van der Waals surface area contributed by atoms with Gasteiger partial charge in [0.2, 0.25) is 5.60 Å². The number of alkyl halides is 3. The number of guanidine groups is 1. The summed E-state index contributed by atoms with van der Waals surface area (Å²) >= 11 is 0. The molecule has 0 spiro atoms. The molecule has 0 bridgehead atoms. The number of benzene rings is 1. The lowest BCUT2D eigenvalue weighted by Crippen LogP contribution is -2.45. The van der Waals surface area contributed by atoms with Crippen molar-refractivity contribution in [3.05, 3.63) is 54.1 Å². The molecule has 0 radical (unpaired) electrons. The number of imidazole rings is 1. The van der Waals surface area contributed by atoms with Gasteiger partial charge < -0.3 is 20.3 Å². The summed E-state index contributed by atoms with van der Waals surface area (Å²) in [5.41, 5.74) is -1.91. The molecule has 2 aromatic rings. The van der Waals surface area contributed by atoms with Gasteiger partial charge in [-0.1, -0.05) is 30.3 Å². The second-order valence-electron chi connectivity index (χ2n) is 6.39. The molecule has 162 valence electrons. The lowest BCUT2D eigenvalue weighted by Gasteiger charge is -2.29. The Bertz CT molecular complexity index is 767. The molecule has 0 fully saturated rings. The van der Waals surface area contributed by atoms with Crippen LogP contribution >= 0.6 is 24.0 Å². The highest BCUT2D eigenvalue weighted by Crippen LogP contribution is 2.40. The normalized spacial score (nSPS) is 14.1. The van der Waals surface area contributed by atoms with Gasteiger partial charge in [-0.05, 0) is 18.9 Å². The third-order valence-electron chi connectivity index (χ3n) is 4.30. The Morgan fingerprint density at radius 3 is 2.45 bits per heavy atom. The number of aromatic nitrogens is 2. The van der Waals surface area contributed by atoms with Crippen LogP contribution in [0.25, 0.3) is 0 Å². The Balaban J connectivity index is 0.00000420. The zero-order valence-corrected chi connectivity index (χ0v) is 18.7. The van der Waals surface area contributed by atoms with E-state index in [9.17, 15) is 18.3 Å². The molecule has 0 aliphatic heterocycles. The maximum absolute atomic E-state index is 13.5. The van der Waals surface area contributed by atoms with Gasteiger partial charge in [0.05, 0.1) is 0 Å². The van der Waals surface area contributed by atoms with Crippen LogP contribution in [-0.2, 0) is 19.1 Å². The second-order valence-corrected chi connectivity index (χ2v) is 6.39. The quantitative estimate of drug-likeness (QED) is 0.282. The van der Waals surface area contributed by atoms with E-state index in [1.54, 1.807) is 0 Å². The van der Waals surface area contributed by atoms with Crippen molar-refractivity contribution in [3.8, 4) is 0 Å². The average Bonchev–Trinajstić information content (AvgIpc) is 3.08. The molecule has 10 heteroatoms. The monoisotopic (exact) mass is 525 g/mol. The minimum atomic E-state index is -4.86. The van der Waals surface area contributed by atoms with Crippen molar-refractivity contribution in [2.75, 3.05) is 19.6 Å². The fraction of sp³-hybridized carbons (Fsp3) is 0.474. The van der Waals surface area contributed by atoms with Crippen molar-refractivity contribution in [3.63, 3.8) is 0 Å². The molecule has 29 heavy (non-hydrogen) atoms. The number of aryl methyl sites for hydroxylation is 1. The van der Waals surface area contributed by atoms with E-state index < -0.39 is 24.0 Å². The number of nitrogens with zero attached hydrogens (tertiary/aromatic N) is 3. The highest BCUT2D eigenvalue weighted by Gasteiger charge is 2.57. The van der Waals surface area contributed by atoms with Crippen LogP contribution < -0.4 is 10.6 Å². The lowest BCUT2D eigenvalue weighted by molar-refractivity contribution is -0.272. The fourth-order valence-electron chi connectivity index (χ4n) is 2.79. The van der Waals surface area contributed by atoms with Gasteiger partial charge >= 0.3 is 6.18 Å². The maximum atomic E-state index is 13.5. The number of hydrogen-bond donors (Lipinski definition) is 3. The smallest absolute Gasteiger partial charge is 0.374 e. The van der Waals surface area contributed by atoms with Gasteiger partial charge in [0.1, 0.15) is 5.82 Å². The number of hydrogen-bond acceptors (Lipinski definition) is 3. The standard InChI is InChI=1S/C19H26F3N5O.HI/c1-3-23-17(25-11-9-15-7-5-4-6-8-15)26-12-10-18(28,19(20,21)22)16-24-13-14-27(16)2;/h4-8,13-14,28H,3,9-12H2,1-2H3,(H2,23,25,26);1H. The van der Waals surface area contributed by atoms with E-state index in [0.717, 1.165) is 12.0 Å². The first-order chi connectivity index (χ1) is 13.3. The van der Waals surface area contributed by atoms with Crippen LogP contribution in [0, 0.1) is 0 Å². The summed E-state index contributed by atoms with van der Waals surface area (Å²) in [7, 11) is 1.41. The van der Waals surface area contributed by atoms with E-state index in [1.165, 1.54) is 24.0 Å². The van der Waals surface area contributed by atoms with Gasteiger partial charge in [-0.15, -0.1) is 24.0 Å². The average molecular weight is 525 g/mol. The van der Waals surface area contributed by atoms with Crippen molar-refractivity contribution in [2.45, 2.75) is 31.5 Å². The Kier molecular flexibility index (Phi) is 9.90. The highest BCUT2D eigenvalue weighted by molar-refractivity contribution is 14.0. The molecule has 1 heterocycles. The molecule has 1 atom stereocenters. The highest BCUT2D eigenvalue weighted by atomic mass is 127.